The highest BCUT2D eigenvalue weighted by Gasteiger charge is 2.20. The van der Waals surface area contributed by atoms with Gasteiger partial charge in [-0.2, -0.15) is 0 Å². The van der Waals surface area contributed by atoms with Crippen molar-refractivity contribution in [3.05, 3.63) is 41.3 Å². The van der Waals surface area contributed by atoms with E-state index < -0.39 is 22.7 Å². The lowest BCUT2D eigenvalue weighted by atomic mass is 10.4. The number of carbonyl (C=O) groups excluding carboxylic acids is 2. The maximum absolute atomic E-state index is 12.1. The fourth-order valence-corrected chi connectivity index (χ4v) is 2.22. The number of esters is 2. The Balaban J connectivity index is 3.13. The maximum Gasteiger partial charge on any atom is 0.347 e. The molecule has 0 spiro atoms. The van der Waals surface area contributed by atoms with Gasteiger partial charge in [-0.05, 0) is 12.1 Å². The molecule has 0 saturated carbocycles. The lowest BCUT2D eigenvalue weighted by molar-refractivity contribution is -0.137. The molecular formula is C12H12O5S. The Morgan fingerprint density at radius 1 is 1.11 bits per heavy atom. The molecule has 0 N–H and O–H groups in total. The third kappa shape index (κ3) is 3.53. The summed E-state index contributed by atoms with van der Waals surface area (Å²) in [4.78, 5) is 22.8. The molecule has 1 aromatic carbocycles. The van der Waals surface area contributed by atoms with Gasteiger partial charge in [-0.25, -0.2) is 13.8 Å². The minimum atomic E-state index is -1.79. The van der Waals surface area contributed by atoms with Crippen molar-refractivity contribution in [3.8, 4) is 0 Å². The Morgan fingerprint density at radius 3 is 2.22 bits per heavy atom. The van der Waals surface area contributed by atoms with Gasteiger partial charge in [-0.15, -0.1) is 0 Å². The van der Waals surface area contributed by atoms with E-state index in [0.717, 1.165) is 13.2 Å². The summed E-state index contributed by atoms with van der Waals surface area (Å²) in [6, 6.07) is 8.29. The molecule has 18 heavy (non-hydrogen) atoms. The van der Waals surface area contributed by atoms with E-state index in [4.69, 9.17) is 0 Å². The van der Waals surface area contributed by atoms with E-state index in [0.29, 0.717) is 4.90 Å². The smallest absolute Gasteiger partial charge is 0.347 e. The van der Waals surface area contributed by atoms with Crippen LogP contribution < -0.4 is 0 Å². The number of carbonyl (C=O) groups is 2. The molecule has 1 atom stereocenters. The Morgan fingerprint density at radius 2 is 1.72 bits per heavy atom. The Hall–Kier alpha value is -1.95. The number of hydrogen-bond acceptors (Lipinski definition) is 5. The van der Waals surface area contributed by atoms with Gasteiger partial charge in [0.25, 0.3) is 0 Å². The molecule has 5 nitrogen and oxygen atoms in total. The molecule has 1 rings (SSSR count). The van der Waals surface area contributed by atoms with Crippen LogP contribution in [-0.2, 0) is 29.9 Å². The normalized spacial score (nSPS) is 12.7. The van der Waals surface area contributed by atoms with Crippen molar-refractivity contribution in [2.75, 3.05) is 14.2 Å². The summed E-state index contributed by atoms with van der Waals surface area (Å²) in [5, 5.41) is 0. The van der Waals surface area contributed by atoms with Crippen molar-refractivity contribution < 1.29 is 23.3 Å². The average Bonchev–Trinajstić information content (AvgIpc) is 2.43. The summed E-state index contributed by atoms with van der Waals surface area (Å²) in [6.07, 6.45) is 0.870. The molecule has 0 amide bonds. The van der Waals surface area contributed by atoms with E-state index in [1.807, 2.05) is 0 Å². The van der Waals surface area contributed by atoms with Gasteiger partial charge >= 0.3 is 11.9 Å². The molecule has 0 aliphatic carbocycles. The van der Waals surface area contributed by atoms with Crippen molar-refractivity contribution >= 4 is 22.7 Å². The average molecular weight is 268 g/mol. The first-order valence-corrected chi connectivity index (χ1v) is 6.10. The van der Waals surface area contributed by atoms with Gasteiger partial charge < -0.3 is 9.47 Å². The Kier molecular flexibility index (Phi) is 5.26. The van der Waals surface area contributed by atoms with E-state index >= 15 is 0 Å². The molecule has 0 saturated heterocycles. The van der Waals surface area contributed by atoms with Crippen LogP contribution in [0.2, 0.25) is 0 Å². The van der Waals surface area contributed by atoms with Gasteiger partial charge in [0.05, 0.1) is 25.0 Å². The number of ether oxygens (including phenoxy) is 2. The van der Waals surface area contributed by atoms with Crippen LogP contribution in [0.15, 0.2) is 46.2 Å². The summed E-state index contributed by atoms with van der Waals surface area (Å²) in [5.41, 5.74) is 0. The lowest BCUT2D eigenvalue weighted by Crippen LogP contribution is -2.13. The van der Waals surface area contributed by atoms with Crippen LogP contribution in [-0.4, -0.2) is 30.4 Å². The molecule has 0 aromatic heterocycles. The van der Waals surface area contributed by atoms with Crippen LogP contribution in [0.4, 0.5) is 0 Å². The predicted molar refractivity (Wildman–Crippen MR) is 65.0 cm³/mol. The van der Waals surface area contributed by atoms with Crippen molar-refractivity contribution in [2.45, 2.75) is 4.90 Å². The number of methoxy groups -OCH3 is 2. The molecule has 6 heteroatoms. The maximum atomic E-state index is 12.1. The van der Waals surface area contributed by atoms with Crippen molar-refractivity contribution in [1.82, 2.24) is 0 Å². The summed E-state index contributed by atoms with van der Waals surface area (Å²) in [7, 11) is 0.527. The number of rotatable bonds is 4. The van der Waals surface area contributed by atoms with Crippen LogP contribution in [0.5, 0.6) is 0 Å². The fraction of sp³-hybridized carbons (Fsp3) is 0.167. The summed E-state index contributed by atoms with van der Waals surface area (Å²) in [5.74, 6) is -1.60. The second-order valence-electron chi connectivity index (χ2n) is 3.11. The SMILES string of the molecule is COC(=O)/C=C(/C(=O)OC)S(=O)c1ccccc1. The molecule has 0 aliphatic heterocycles. The van der Waals surface area contributed by atoms with E-state index in [9.17, 15) is 13.8 Å². The van der Waals surface area contributed by atoms with Crippen molar-refractivity contribution in [3.63, 3.8) is 0 Å². The molecule has 0 aliphatic rings. The fourth-order valence-electron chi connectivity index (χ4n) is 1.13. The van der Waals surface area contributed by atoms with Crippen molar-refractivity contribution in [1.29, 1.82) is 0 Å². The highest BCUT2D eigenvalue weighted by atomic mass is 32.2. The van der Waals surface area contributed by atoms with Crippen LogP contribution in [0.25, 0.3) is 0 Å². The van der Waals surface area contributed by atoms with Gasteiger partial charge in [0.15, 0.2) is 0 Å². The van der Waals surface area contributed by atoms with Crippen LogP contribution in [0.3, 0.4) is 0 Å². The lowest BCUT2D eigenvalue weighted by Gasteiger charge is -2.05. The van der Waals surface area contributed by atoms with Gasteiger partial charge in [0, 0.05) is 11.0 Å². The highest BCUT2D eigenvalue weighted by Crippen LogP contribution is 2.15. The van der Waals surface area contributed by atoms with E-state index in [2.05, 4.69) is 9.47 Å². The predicted octanol–water partition coefficient (Wildman–Crippen LogP) is 1.02. The summed E-state index contributed by atoms with van der Waals surface area (Å²) in [6.45, 7) is 0. The standard InChI is InChI=1S/C12H12O5S/c1-16-11(13)8-10(12(14)17-2)18(15)9-6-4-3-5-7-9/h3-8H,1-2H3/b10-8-. The van der Waals surface area contributed by atoms with E-state index in [-0.39, 0.29) is 4.91 Å². The van der Waals surface area contributed by atoms with Gasteiger partial charge in [0.2, 0.25) is 0 Å². The van der Waals surface area contributed by atoms with E-state index in [1.54, 1.807) is 30.3 Å². The summed E-state index contributed by atoms with van der Waals surface area (Å²) >= 11 is 0. The van der Waals surface area contributed by atoms with Crippen LogP contribution in [0, 0.1) is 0 Å². The zero-order valence-electron chi connectivity index (χ0n) is 9.91. The van der Waals surface area contributed by atoms with Crippen molar-refractivity contribution in [2.24, 2.45) is 0 Å². The minimum Gasteiger partial charge on any atom is -0.466 e. The molecular weight excluding hydrogens is 256 g/mol. The molecule has 96 valence electrons. The second kappa shape index (κ2) is 6.70. The first-order chi connectivity index (χ1) is 8.60. The molecule has 0 heterocycles. The number of benzene rings is 1. The Bertz CT molecular complexity index is 492. The van der Waals surface area contributed by atoms with Crippen LogP contribution >= 0.6 is 0 Å². The largest absolute Gasteiger partial charge is 0.466 e. The van der Waals surface area contributed by atoms with E-state index in [1.165, 1.54) is 7.11 Å². The van der Waals surface area contributed by atoms with Gasteiger partial charge in [-0.1, -0.05) is 18.2 Å². The molecule has 0 fully saturated rings. The monoisotopic (exact) mass is 268 g/mol. The van der Waals surface area contributed by atoms with Crippen LogP contribution in [0.1, 0.15) is 0 Å². The van der Waals surface area contributed by atoms with Gasteiger partial charge in [0.1, 0.15) is 4.91 Å². The quantitative estimate of drug-likeness (QED) is 0.602. The first-order valence-electron chi connectivity index (χ1n) is 4.95. The topological polar surface area (TPSA) is 69.7 Å². The minimum absolute atomic E-state index is 0.254. The number of hydrogen-bond donors (Lipinski definition) is 0. The second-order valence-corrected chi connectivity index (χ2v) is 4.55. The zero-order valence-corrected chi connectivity index (χ0v) is 10.7. The molecule has 1 unspecified atom stereocenters. The molecule has 0 bridgehead atoms. The summed E-state index contributed by atoms with van der Waals surface area (Å²) < 4.78 is 21.0. The third-order valence-corrected chi connectivity index (χ3v) is 3.38. The first kappa shape index (κ1) is 14.1. The third-order valence-electron chi connectivity index (χ3n) is 1.99. The highest BCUT2D eigenvalue weighted by molar-refractivity contribution is 7.90. The molecule has 0 radical (unpaired) electrons. The molecule has 1 aromatic rings. The van der Waals surface area contributed by atoms with Gasteiger partial charge in [-0.3, -0.25) is 0 Å². The Labute approximate surface area is 107 Å². The zero-order chi connectivity index (χ0) is 13.5.